The molecule has 19 heteroatoms. The van der Waals surface area contributed by atoms with Crippen LogP contribution in [0.15, 0.2) is 109 Å². The molecule has 17 atom stereocenters. The van der Waals surface area contributed by atoms with E-state index < -0.39 is 131 Å². The molecule has 17 unspecified atom stereocenters. The quantitative estimate of drug-likeness (QED) is 0.0223. The highest BCUT2D eigenvalue weighted by Crippen LogP contribution is 2.33. The highest BCUT2D eigenvalue weighted by molar-refractivity contribution is 5.76. The number of aliphatic hydroxyl groups is 11. The van der Waals surface area contributed by atoms with E-state index in [0.29, 0.717) is 19.3 Å². The molecule has 0 spiro atoms. The topological polar surface area (TPSA) is 307 Å². The zero-order chi connectivity index (χ0) is 61.9. The van der Waals surface area contributed by atoms with Gasteiger partial charge in [-0.1, -0.05) is 187 Å². The van der Waals surface area contributed by atoms with E-state index in [1.807, 2.05) is 18.2 Å². The van der Waals surface area contributed by atoms with Gasteiger partial charge in [-0.15, -0.1) is 0 Å². The van der Waals surface area contributed by atoms with Crippen molar-refractivity contribution in [1.29, 1.82) is 0 Å². The molecule has 3 heterocycles. The first kappa shape index (κ1) is 75.7. The fraction of sp³-hybridized carbons (Fsp3) is 0.712. The predicted molar refractivity (Wildman–Crippen MR) is 327 cm³/mol. The van der Waals surface area contributed by atoms with E-state index in [-0.39, 0.29) is 12.3 Å². The highest BCUT2D eigenvalue weighted by Gasteiger charge is 2.53. The molecule has 486 valence electrons. The Morgan fingerprint density at radius 3 is 1.31 bits per heavy atom. The third-order valence-corrected chi connectivity index (χ3v) is 15.0. The summed E-state index contributed by atoms with van der Waals surface area (Å²) in [6, 6.07) is -1.04. The van der Waals surface area contributed by atoms with Crippen LogP contribution >= 0.6 is 0 Å². The Hall–Kier alpha value is -3.55. The van der Waals surface area contributed by atoms with Crippen LogP contribution in [0.25, 0.3) is 0 Å². The van der Waals surface area contributed by atoms with E-state index >= 15 is 0 Å². The number of hydrogen-bond donors (Lipinski definition) is 12. The van der Waals surface area contributed by atoms with Crippen LogP contribution in [0, 0.1) is 0 Å². The fourth-order valence-electron chi connectivity index (χ4n) is 9.89. The molecule has 0 aliphatic carbocycles. The Balaban J connectivity index is 1.53. The number of carbonyl (C=O) groups excluding carboxylic acids is 1. The van der Waals surface area contributed by atoms with Crippen molar-refractivity contribution in [2.24, 2.45) is 0 Å². The average molecular weight is 1200 g/mol. The Morgan fingerprint density at radius 2 is 0.824 bits per heavy atom. The van der Waals surface area contributed by atoms with Gasteiger partial charge in [-0.25, -0.2) is 0 Å². The number of unbranched alkanes of at least 4 members (excludes halogenated alkanes) is 13. The van der Waals surface area contributed by atoms with E-state index in [9.17, 15) is 61.0 Å². The van der Waals surface area contributed by atoms with Gasteiger partial charge >= 0.3 is 0 Å². The molecule has 0 radical (unpaired) electrons. The van der Waals surface area contributed by atoms with Gasteiger partial charge in [0.05, 0.1) is 38.6 Å². The van der Waals surface area contributed by atoms with Gasteiger partial charge in [0, 0.05) is 6.42 Å². The molecule has 3 saturated heterocycles. The highest BCUT2D eigenvalue weighted by atomic mass is 16.8. The van der Waals surface area contributed by atoms with Crippen molar-refractivity contribution in [3.05, 3.63) is 109 Å². The van der Waals surface area contributed by atoms with Crippen molar-refractivity contribution < 1.29 is 89.4 Å². The van der Waals surface area contributed by atoms with Crippen LogP contribution in [0.2, 0.25) is 0 Å². The van der Waals surface area contributed by atoms with Crippen molar-refractivity contribution in [3.8, 4) is 0 Å². The third-order valence-electron chi connectivity index (χ3n) is 15.0. The maximum absolute atomic E-state index is 13.3. The van der Waals surface area contributed by atoms with Crippen molar-refractivity contribution in [1.82, 2.24) is 5.32 Å². The number of allylic oxidation sites excluding steroid dienone is 17. The number of ether oxygens (including phenoxy) is 6. The fourth-order valence-corrected chi connectivity index (χ4v) is 9.89. The molecule has 3 aliphatic rings. The van der Waals surface area contributed by atoms with Gasteiger partial charge in [0.25, 0.3) is 0 Å². The van der Waals surface area contributed by atoms with Gasteiger partial charge in [-0.05, 0) is 83.5 Å². The van der Waals surface area contributed by atoms with Crippen LogP contribution in [0.1, 0.15) is 168 Å². The van der Waals surface area contributed by atoms with Crippen LogP contribution < -0.4 is 5.32 Å². The SMILES string of the molecule is CC/C=C\C/C=C\C/C=C\C/C=C\C/C=C\C/C=C\CCC(=O)NC(COC1OC(CO)C(OC2OC(CO)C(OC3OC(CO)C(O)C(O)C3O)C(O)C2O)C(O)C1O)C(O)/C=C/CC/C=C/CC/C=C/CCCCCCCCCCCCC. The largest absolute Gasteiger partial charge is 0.394 e. The average Bonchev–Trinajstić information content (AvgIpc) is 3.10. The summed E-state index contributed by atoms with van der Waals surface area (Å²) in [5.74, 6) is -0.376. The minimum Gasteiger partial charge on any atom is -0.394 e. The molecule has 3 fully saturated rings. The van der Waals surface area contributed by atoms with Crippen LogP contribution in [0.3, 0.4) is 0 Å². The zero-order valence-corrected chi connectivity index (χ0v) is 50.8. The lowest BCUT2D eigenvalue weighted by molar-refractivity contribution is -0.379. The molecular weight excluding hydrogens is 1090 g/mol. The van der Waals surface area contributed by atoms with Gasteiger partial charge < -0.3 is 89.9 Å². The molecule has 0 aromatic carbocycles. The lowest BCUT2D eigenvalue weighted by atomic mass is 9.96. The van der Waals surface area contributed by atoms with E-state index in [4.69, 9.17) is 28.4 Å². The standard InChI is InChI=1S/C66H109NO18/c1-3-5-7-9-11-13-15-17-19-21-23-24-26-27-29-31-33-35-37-39-41-43-50(71)49(67-54(72)44-42-40-38-36-34-32-30-28-25-22-20-18-16-14-12-10-8-6-4-2)48-80-64-60(78)57(75)62(52(46-69)82-64)85-66-61(79)58(76)63(53(47-70)83-66)84-65-59(77)56(74)55(73)51(45-68)81-65/h6,8,12,14,18,20,25-28,32-35,38,40-41,43,49-53,55-66,68-71,73-79H,3-5,7,9-11,13,15-17,19,21-24,29-31,36-37,39,42,44-48H2,1-2H3,(H,67,72)/b8-6-,14-12-,20-18-,27-26+,28-25-,34-32-,35-33+,40-38-,43-41+. The molecule has 1 amide bonds. The van der Waals surface area contributed by atoms with Gasteiger partial charge in [0.15, 0.2) is 18.9 Å². The van der Waals surface area contributed by atoms with Crippen LogP contribution in [0.5, 0.6) is 0 Å². The van der Waals surface area contributed by atoms with Gasteiger partial charge in [0.1, 0.15) is 73.2 Å². The maximum atomic E-state index is 13.3. The monoisotopic (exact) mass is 1200 g/mol. The molecule has 19 nitrogen and oxygen atoms in total. The summed E-state index contributed by atoms with van der Waals surface area (Å²) in [5.41, 5.74) is 0. The van der Waals surface area contributed by atoms with E-state index in [2.05, 4.69) is 104 Å². The van der Waals surface area contributed by atoms with Crippen LogP contribution in [-0.4, -0.2) is 193 Å². The van der Waals surface area contributed by atoms with Gasteiger partial charge in [0.2, 0.25) is 5.91 Å². The first-order valence-corrected chi connectivity index (χ1v) is 31.6. The predicted octanol–water partition coefficient (Wildman–Crippen LogP) is 6.71. The summed E-state index contributed by atoms with van der Waals surface area (Å²) in [4.78, 5) is 13.3. The number of hydrogen-bond acceptors (Lipinski definition) is 18. The summed E-state index contributed by atoms with van der Waals surface area (Å²) >= 11 is 0. The van der Waals surface area contributed by atoms with E-state index in [1.165, 1.54) is 70.6 Å². The molecule has 0 saturated carbocycles. The summed E-state index contributed by atoms with van der Waals surface area (Å²) < 4.78 is 34.2. The zero-order valence-electron chi connectivity index (χ0n) is 50.8. The van der Waals surface area contributed by atoms with Crippen molar-refractivity contribution >= 4 is 5.91 Å². The molecule has 12 N–H and O–H groups in total. The van der Waals surface area contributed by atoms with Crippen molar-refractivity contribution in [2.75, 3.05) is 26.4 Å². The third kappa shape index (κ3) is 30.5. The summed E-state index contributed by atoms with van der Waals surface area (Å²) in [6.07, 6.45) is 35.1. The number of aliphatic hydroxyl groups excluding tert-OH is 11. The summed E-state index contributed by atoms with van der Waals surface area (Å²) in [7, 11) is 0. The number of rotatable bonds is 45. The molecule has 0 aromatic rings. The van der Waals surface area contributed by atoms with Gasteiger partial charge in [-0.2, -0.15) is 0 Å². The van der Waals surface area contributed by atoms with E-state index in [0.717, 1.165) is 57.8 Å². The summed E-state index contributed by atoms with van der Waals surface area (Å²) in [5, 5.41) is 120. The Kier molecular flexibility index (Phi) is 42.3. The smallest absolute Gasteiger partial charge is 0.220 e. The molecular formula is C66H109NO18. The normalized spacial score (nSPS) is 29.7. The second kappa shape index (κ2) is 47.5. The second-order valence-electron chi connectivity index (χ2n) is 22.1. The van der Waals surface area contributed by atoms with Crippen molar-refractivity contribution in [3.63, 3.8) is 0 Å². The van der Waals surface area contributed by atoms with E-state index in [1.54, 1.807) is 6.08 Å². The number of carbonyl (C=O) groups is 1. The lowest BCUT2D eigenvalue weighted by Crippen LogP contribution is -2.66. The maximum Gasteiger partial charge on any atom is 0.220 e. The molecule has 3 aliphatic heterocycles. The summed E-state index contributed by atoms with van der Waals surface area (Å²) in [6.45, 7) is 1.51. The minimum atomic E-state index is -1.99. The minimum absolute atomic E-state index is 0.100. The second-order valence-corrected chi connectivity index (χ2v) is 22.1. The van der Waals surface area contributed by atoms with Crippen molar-refractivity contribution in [2.45, 2.75) is 272 Å². The molecule has 0 aromatic heterocycles. The Morgan fingerprint density at radius 1 is 0.435 bits per heavy atom. The van der Waals surface area contributed by atoms with Crippen LogP contribution in [0.4, 0.5) is 0 Å². The lowest BCUT2D eigenvalue weighted by Gasteiger charge is -2.48. The first-order chi connectivity index (χ1) is 41.3. The van der Waals surface area contributed by atoms with Gasteiger partial charge in [-0.3, -0.25) is 4.79 Å². The van der Waals surface area contributed by atoms with Crippen LogP contribution in [-0.2, 0) is 33.2 Å². The Labute approximate surface area is 506 Å². The molecule has 0 bridgehead atoms. The first-order valence-electron chi connectivity index (χ1n) is 31.6. The number of amides is 1. The Bertz CT molecular complexity index is 1970. The molecule has 85 heavy (non-hydrogen) atoms. The molecule has 3 rings (SSSR count). The number of nitrogens with one attached hydrogen (secondary N) is 1.